The Morgan fingerprint density at radius 1 is 1.47 bits per heavy atom. The van der Waals surface area contributed by atoms with Gasteiger partial charge in [-0.1, -0.05) is 6.92 Å². The standard InChI is InChI=1S/C12H26N2O/c1-5-12(2,3)14(4)8-6-11-10-15-9-7-13-11/h11,13H,5-10H2,1-4H3. The maximum Gasteiger partial charge on any atom is 0.0620 e. The fraction of sp³-hybridized carbons (Fsp3) is 1.00. The van der Waals surface area contributed by atoms with Gasteiger partial charge in [-0.2, -0.15) is 0 Å². The number of hydrogen-bond acceptors (Lipinski definition) is 3. The van der Waals surface area contributed by atoms with Gasteiger partial charge in [-0.05, 0) is 40.3 Å². The lowest BCUT2D eigenvalue weighted by Gasteiger charge is -2.36. The van der Waals surface area contributed by atoms with E-state index in [-0.39, 0.29) is 0 Å². The Morgan fingerprint density at radius 2 is 2.20 bits per heavy atom. The Balaban J connectivity index is 2.23. The average Bonchev–Trinajstić information content (AvgIpc) is 2.27. The fourth-order valence-corrected chi connectivity index (χ4v) is 1.73. The molecule has 1 aliphatic rings. The second-order valence-corrected chi connectivity index (χ2v) is 5.10. The minimum absolute atomic E-state index is 0.315. The first-order valence-corrected chi connectivity index (χ1v) is 6.08. The van der Waals surface area contributed by atoms with Crippen LogP contribution in [0.2, 0.25) is 0 Å². The zero-order chi connectivity index (χ0) is 11.3. The maximum absolute atomic E-state index is 5.45. The summed E-state index contributed by atoms with van der Waals surface area (Å²) in [5.74, 6) is 0. The zero-order valence-electron chi connectivity index (χ0n) is 10.7. The minimum atomic E-state index is 0.315. The van der Waals surface area contributed by atoms with Crippen LogP contribution >= 0.6 is 0 Å². The van der Waals surface area contributed by atoms with Crippen molar-refractivity contribution in [3.8, 4) is 0 Å². The quantitative estimate of drug-likeness (QED) is 0.750. The molecule has 90 valence electrons. The van der Waals surface area contributed by atoms with Crippen LogP contribution in [0.1, 0.15) is 33.6 Å². The van der Waals surface area contributed by atoms with Crippen molar-refractivity contribution in [2.45, 2.75) is 45.2 Å². The highest BCUT2D eigenvalue weighted by atomic mass is 16.5. The topological polar surface area (TPSA) is 24.5 Å². The van der Waals surface area contributed by atoms with Gasteiger partial charge in [-0.25, -0.2) is 0 Å². The Labute approximate surface area is 94.2 Å². The van der Waals surface area contributed by atoms with Crippen molar-refractivity contribution in [2.75, 3.05) is 33.4 Å². The SMILES string of the molecule is CCC(C)(C)N(C)CCC1COCCN1. The van der Waals surface area contributed by atoms with Crippen molar-refractivity contribution in [1.82, 2.24) is 10.2 Å². The van der Waals surface area contributed by atoms with Gasteiger partial charge in [0.25, 0.3) is 0 Å². The molecule has 0 aromatic carbocycles. The summed E-state index contributed by atoms with van der Waals surface area (Å²) in [6.45, 7) is 10.7. The Bertz CT molecular complexity index is 176. The predicted molar refractivity (Wildman–Crippen MR) is 64.2 cm³/mol. The Kier molecular flexibility index (Phi) is 5.03. The number of morpholine rings is 1. The molecular formula is C12H26N2O. The van der Waals surface area contributed by atoms with Crippen LogP contribution in [0, 0.1) is 0 Å². The molecule has 0 amide bonds. The number of rotatable bonds is 5. The van der Waals surface area contributed by atoms with Gasteiger partial charge in [0.15, 0.2) is 0 Å². The molecule has 0 aromatic heterocycles. The van der Waals surface area contributed by atoms with E-state index in [0.29, 0.717) is 11.6 Å². The summed E-state index contributed by atoms with van der Waals surface area (Å²) in [7, 11) is 2.22. The molecule has 0 radical (unpaired) electrons. The zero-order valence-corrected chi connectivity index (χ0v) is 10.7. The molecule has 0 aliphatic carbocycles. The normalized spacial score (nSPS) is 23.4. The van der Waals surface area contributed by atoms with Crippen molar-refractivity contribution in [2.24, 2.45) is 0 Å². The van der Waals surface area contributed by atoms with E-state index in [0.717, 1.165) is 26.3 Å². The van der Waals surface area contributed by atoms with Gasteiger partial charge in [0.05, 0.1) is 13.2 Å². The number of hydrogen-bond donors (Lipinski definition) is 1. The van der Waals surface area contributed by atoms with Crippen molar-refractivity contribution < 1.29 is 4.74 Å². The van der Waals surface area contributed by atoms with Crippen LogP contribution in [0.3, 0.4) is 0 Å². The lowest BCUT2D eigenvalue weighted by molar-refractivity contribution is 0.0641. The largest absolute Gasteiger partial charge is 0.379 e. The molecule has 0 bridgehead atoms. The van der Waals surface area contributed by atoms with E-state index in [1.54, 1.807) is 0 Å². The van der Waals surface area contributed by atoms with Gasteiger partial charge < -0.3 is 15.0 Å². The van der Waals surface area contributed by atoms with Crippen molar-refractivity contribution in [3.05, 3.63) is 0 Å². The molecule has 1 fully saturated rings. The van der Waals surface area contributed by atoms with Gasteiger partial charge in [-0.15, -0.1) is 0 Å². The van der Waals surface area contributed by atoms with Gasteiger partial charge in [0.1, 0.15) is 0 Å². The molecular weight excluding hydrogens is 188 g/mol. The Hall–Kier alpha value is -0.120. The molecule has 1 N–H and O–H groups in total. The van der Waals surface area contributed by atoms with E-state index < -0.39 is 0 Å². The first-order chi connectivity index (χ1) is 7.06. The summed E-state index contributed by atoms with van der Waals surface area (Å²) < 4.78 is 5.45. The first-order valence-electron chi connectivity index (χ1n) is 6.08. The smallest absolute Gasteiger partial charge is 0.0620 e. The molecule has 1 atom stereocenters. The van der Waals surface area contributed by atoms with Crippen molar-refractivity contribution in [1.29, 1.82) is 0 Å². The van der Waals surface area contributed by atoms with Crippen molar-refractivity contribution in [3.63, 3.8) is 0 Å². The highest BCUT2D eigenvalue weighted by Crippen LogP contribution is 2.16. The third-order valence-electron chi connectivity index (χ3n) is 3.71. The van der Waals surface area contributed by atoms with Crippen LogP contribution in [0.5, 0.6) is 0 Å². The molecule has 0 aromatic rings. The van der Waals surface area contributed by atoms with Crippen LogP contribution in [-0.2, 0) is 4.74 Å². The van der Waals surface area contributed by atoms with Crippen LogP contribution in [-0.4, -0.2) is 49.8 Å². The summed E-state index contributed by atoms with van der Waals surface area (Å²) in [5, 5.41) is 3.49. The van der Waals surface area contributed by atoms with Crippen LogP contribution in [0.15, 0.2) is 0 Å². The summed E-state index contributed by atoms with van der Waals surface area (Å²) in [6.07, 6.45) is 2.37. The van der Waals surface area contributed by atoms with Crippen LogP contribution < -0.4 is 5.32 Å². The highest BCUT2D eigenvalue weighted by Gasteiger charge is 2.22. The molecule has 1 heterocycles. The van der Waals surface area contributed by atoms with Gasteiger partial charge in [0, 0.05) is 18.1 Å². The van der Waals surface area contributed by atoms with E-state index in [1.165, 1.54) is 12.8 Å². The molecule has 15 heavy (non-hydrogen) atoms. The molecule has 3 nitrogen and oxygen atoms in total. The molecule has 1 aliphatic heterocycles. The second-order valence-electron chi connectivity index (χ2n) is 5.10. The lowest BCUT2D eigenvalue weighted by atomic mass is 9.99. The summed E-state index contributed by atoms with van der Waals surface area (Å²) in [6, 6.07) is 0.550. The van der Waals surface area contributed by atoms with E-state index in [9.17, 15) is 0 Å². The van der Waals surface area contributed by atoms with Gasteiger partial charge in [0.2, 0.25) is 0 Å². The predicted octanol–water partition coefficient (Wildman–Crippen LogP) is 1.49. The lowest BCUT2D eigenvalue weighted by Crippen LogP contribution is -2.46. The van der Waals surface area contributed by atoms with E-state index >= 15 is 0 Å². The van der Waals surface area contributed by atoms with Crippen LogP contribution in [0.25, 0.3) is 0 Å². The third-order valence-corrected chi connectivity index (χ3v) is 3.71. The van der Waals surface area contributed by atoms with E-state index in [1.807, 2.05) is 0 Å². The van der Waals surface area contributed by atoms with Crippen LogP contribution in [0.4, 0.5) is 0 Å². The molecule has 1 saturated heterocycles. The highest BCUT2D eigenvalue weighted by molar-refractivity contribution is 4.79. The van der Waals surface area contributed by atoms with Gasteiger partial charge >= 0.3 is 0 Å². The Morgan fingerprint density at radius 3 is 2.73 bits per heavy atom. The molecule has 1 rings (SSSR count). The average molecular weight is 214 g/mol. The van der Waals surface area contributed by atoms with Gasteiger partial charge in [-0.3, -0.25) is 0 Å². The van der Waals surface area contributed by atoms with E-state index in [2.05, 4.69) is 38.0 Å². The molecule has 3 heteroatoms. The van der Waals surface area contributed by atoms with Crippen molar-refractivity contribution >= 4 is 0 Å². The molecule has 0 spiro atoms. The third kappa shape index (κ3) is 4.09. The maximum atomic E-state index is 5.45. The number of nitrogens with one attached hydrogen (secondary N) is 1. The summed E-state index contributed by atoms with van der Waals surface area (Å²) in [5.41, 5.74) is 0.315. The van der Waals surface area contributed by atoms with E-state index in [4.69, 9.17) is 4.74 Å². The monoisotopic (exact) mass is 214 g/mol. The summed E-state index contributed by atoms with van der Waals surface area (Å²) >= 11 is 0. The fourth-order valence-electron chi connectivity index (χ4n) is 1.73. The number of ether oxygens (including phenoxy) is 1. The number of nitrogens with zero attached hydrogens (tertiary/aromatic N) is 1. The molecule has 0 saturated carbocycles. The summed E-state index contributed by atoms with van der Waals surface area (Å²) in [4.78, 5) is 2.45. The first kappa shape index (κ1) is 12.9. The molecule has 1 unspecified atom stereocenters. The second kappa shape index (κ2) is 5.83. The minimum Gasteiger partial charge on any atom is -0.379 e.